The van der Waals surface area contributed by atoms with Crippen LogP contribution in [0.25, 0.3) is 0 Å². The number of hydrogen-bond donors (Lipinski definition) is 1. The fraction of sp³-hybridized carbons (Fsp3) is 0.533. The summed E-state index contributed by atoms with van der Waals surface area (Å²) in [7, 11) is 0. The average molecular weight is 300 g/mol. The van der Waals surface area contributed by atoms with Gasteiger partial charge in [0.15, 0.2) is 17.4 Å². The first kappa shape index (κ1) is 15.7. The second-order valence-corrected chi connectivity index (χ2v) is 6.35. The predicted molar refractivity (Wildman–Crippen MR) is 71.6 cm³/mol. The molecule has 0 saturated carbocycles. The molecule has 1 atom stereocenters. The van der Waals surface area contributed by atoms with Crippen LogP contribution in [0.2, 0.25) is 0 Å². The van der Waals surface area contributed by atoms with Crippen LogP contribution >= 0.6 is 0 Å². The molecule has 1 unspecified atom stereocenters. The Morgan fingerprint density at radius 3 is 2.19 bits per heavy atom. The van der Waals surface area contributed by atoms with Crippen LogP contribution in [0.5, 0.6) is 5.75 Å². The summed E-state index contributed by atoms with van der Waals surface area (Å²) in [6.07, 6.45) is -0.0632. The van der Waals surface area contributed by atoms with Gasteiger partial charge in [0.25, 0.3) is 0 Å². The van der Waals surface area contributed by atoms with Gasteiger partial charge in [0, 0.05) is 6.42 Å². The van der Waals surface area contributed by atoms with Crippen LogP contribution in [0.1, 0.15) is 44.5 Å². The Balaban J connectivity index is 2.30. The van der Waals surface area contributed by atoms with Crippen molar-refractivity contribution in [2.24, 2.45) is 0 Å². The molecule has 4 nitrogen and oxygen atoms in total. The van der Waals surface area contributed by atoms with E-state index in [1.54, 1.807) is 13.8 Å². The van der Waals surface area contributed by atoms with Crippen molar-refractivity contribution in [3.8, 4) is 5.75 Å². The number of aromatic carboxylic acids is 1. The maximum Gasteiger partial charge on any atom is 0.335 e. The van der Waals surface area contributed by atoms with Crippen molar-refractivity contribution in [2.45, 2.75) is 51.4 Å². The van der Waals surface area contributed by atoms with Crippen LogP contribution in [-0.4, -0.2) is 28.4 Å². The molecule has 1 aromatic rings. The monoisotopic (exact) mass is 300 g/mol. The number of rotatable bonds is 3. The van der Waals surface area contributed by atoms with E-state index in [0.29, 0.717) is 6.42 Å². The Bertz CT molecular complexity index is 558. The van der Waals surface area contributed by atoms with Gasteiger partial charge in [-0.25, -0.2) is 13.6 Å². The van der Waals surface area contributed by atoms with E-state index < -0.39 is 46.2 Å². The molecule has 1 fully saturated rings. The van der Waals surface area contributed by atoms with E-state index in [0.717, 1.165) is 12.1 Å². The van der Waals surface area contributed by atoms with Crippen molar-refractivity contribution < 1.29 is 28.2 Å². The molecule has 0 amide bonds. The molecule has 1 aliphatic heterocycles. The maximum atomic E-state index is 13.9. The summed E-state index contributed by atoms with van der Waals surface area (Å²) in [5.74, 6) is -4.04. The van der Waals surface area contributed by atoms with E-state index >= 15 is 0 Å². The van der Waals surface area contributed by atoms with Gasteiger partial charge >= 0.3 is 5.97 Å². The molecule has 1 aliphatic rings. The minimum absolute atomic E-state index is 0.456. The van der Waals surface area contributed by atoms with Crippen molar-refractivity contribution in [2.75, 3.05) is 0 Å². The Hall–Kier alpha value is -1.69. The summed E-state index contributed by atoms with van der Waals surface area (Å²) in [4.78, 5) is 10.8. The third-order valence-corrected chi connectivity index (χ3v) is 3.50. The molecule has 0 spiro atoms. The molecule has 0 bridgehead atoms. The zero-order valence-electron chi connectivity index (χ0n) is 12.4. The molecule has 1 heterocycles. The molecule has 116 valence electrons. The van der Waals surface area contributed by atoms with Crippen LogP contribution in [0.4, 0.5) is 8.78 Å². The van der Waals surface area contributed by atoms with Gasteiger partial charge in [-0.05, 0) is 39.8 Å². The highest BCUT2D eigenvalue weighted by Gasteiger charge is 2.48. The Morgan fingerprint density at radius 2 is 1.81 bits per heavy atom. The summed E-state index contributed by atoms with van der Waals surface area (Å²) in [5.41, 5.74) is -1.62. The molecule has 0 radical (unpaired) electrons. The van der Waals surface area contributed by atoms with Crippen LogP contribution in [0.3, 0.4) is 0 Å². The summed E-state index contributed by atoms with van der Waals surface area (Å²) >= 11 is 0. The molecule has 6 heteroatoms. The lowest BCUT2D eigenvalue weighted by Crippen LogP contribution is -2.37. The van der Waals surface area contributed by atoms with Crippen molar-refractivity contribution in [3.63, 3.8) is 0 Å². The lowest BCUT2D eigenvalue weighted by Gasteiger charge is -2.27. The van der Waals surface area contributed by atoms with Crippen molar-refractivity contribution in [1.82, 2.24) is 0 Å². The summed E-state index contributed by atoms with van der Waals surface area (Å²) in [5, 5.41) is 8.77. The fourth-order valence-corrected chi connectivity index (χ4v) is 2.63. The molecule has 0 aliphatic carbocycles. The standard InChI is InChI=1S/C15H18F2O4/c1-14(2)7-11(15(3,4)21-14)20-12-9(16)5-8(13(18)19)6-10(12)17/h5-6,11H,7H2,1-4H3,(H,18,19). The summed E-state index contributed by atoms with van der Waals surface area (Å²) in [6, 6.07) is 1.49. The van der Waals surface area contributed by atoms with E-state index in [1.165, 1.54) is 0 Å². The Labute approximate surface area is 121 Å². The zero-order chi connectivity index (χ0) is 16.0. The molecular formula is C15H18F2O4. The molecule has 1 N–H and O–H groups in total. The zero-order valence-corrected chi connectivity index (χ0v) is 12.4. The number of halogens is 2. The SMILES string of the molecule is CC1(C)CC(Oc2c(F)cc(C(=O)O)cc2F)C(C)(C)O1. The van der Waals surface area contributed by atoms with Gasteiger partial charge in [0.05, 0.1) is 11.2 Å². The van der Waals surface area contributed by atoms with Gasteiger partial charge in [-0.1, -0.05) is 0 Å². The Morgan fingerprint density at radius 1 is 1.29 bits per heavy atom. The predicted octanol–water partition coefficient (Wildman–Crippen LogP) is 3.39. The number of ether oxygens (including phenoxy) is 2. The van der Waals surface area contributed by atoms with Crippen LogP contribution in [0, 0.1) is 11.6 Å². The van der Waals surface area contributed by atoms with E-state index in [-0.39, 0.29) is 0 Å². The largest absolute Gasteiger partial charge is 0.481 e. The molecule has 21 heavy (non-hydrogen) atoms. The van der Waals surface area contributed by atoms with E-state index in [2.05, 4.69) is 0 Å². The van der Waals surface area contributed by atoms with Crippen molar-refractivity contribution in [3.05, 3.63) is 29.3 Å². The second-order valence-electron chi connectivity index (χ2n) is 6.35. The first-order valence-corrected chi connectivity index (χ1v) is 6.61. The third kappa shape index (κ3) is 3.15. The van der Waals surface area contributed by atoms with Gasteiger partial charge in [-0.2, -0.15) is 0 Å². The summed E-state index contributed by atoms with van der Waals surface area (Å²) < 4.78 is 39.1. The first-order chi connectivity index (χ1) is 9.52. The number of benzene rings is 1. The van der Waals surface area contributed by atoms with Gasteiger partial charge in [0.2, 0.25) is 0 Å². The highest BCUT2D eigenvalue weighted by atomic mass is 19.1. The molecule has 1 aromatic carbocycles. The van der Waals surface area contributed by atoms with Gasteiger partial charge in [0.1, 0.15) is 11.7 Å². The topological polar surface area (TPSA) is 55.8 Å². The number of carbonyl (C=O) groups is 1. The molecule has 2 rings (SSSR count). The fourth-order valence-electron chi connectivity index (χ4n) is 2.63. The smallest absolute Gasteiger partial charge is 0.335 e. The number of hydrogen-bond acceptors (Lipinski definition) is 3. The van der Waals surface area contributed by atoms with Gasteiger partial charge in [-0.3, -0.25) is 0 Å². The molecule has 0 aromatic heterocycles. The van der Waals surface area contributed by atoms with Crippen LogP contribution in [0.15, 0.2) is 12.1 Å². The molecule has 1 saturated heterocycles. The maximum absolute atomic E-state index is 13.9. The normalized spacial score (nSPS) is 23.0. The average Bonchev–Trinajstić information content (AvgIpc) is 2.50. The minimum atomic E-state index is -1.40. The van der Waals surface area contributed by atoms with Crippen molar-refractivity contribution in [1.29, 1.82) is 0 Å². The van der Waals surface area contributed by atoms with Crippen LogP contribution in [-0.2, 0) is 4.74 Å². The second kappa shape index (κ2) is 4.94. The van der Waals surface area contributed by atoms with Crippen LogP contribution < -0.4 is 4.74 Å². The number of carboxylic acid groups (broad SMARTS) is 1. The number of carboxylic acids is 1. The van der Waals surface area contributed by atoms with E-state index in [9.17, 15) is 13.6 Å². The first-order valence-electron chi connectivity index (χ1n) is 6.61. The van der Waals surface area contributed by atoms with Gasteiger partial charge < -0.3 is 14.6 Å². The lowest BCUT2D eigenvalue weighted by atomic mass is 9.97. The lowest BCUT2D eigenvalue weighted by molar-refractivity contribution is -0.0852. The van der Waals surface area contributed by atoms with E-state index in [4.69, 9.17) is 14.6 Å². The van der Waals surface area contributed by atoms with Gasteiger partial charge in [-0.15, -0.1) is 0 Å². The summed E-state index contributed by atoms with van der Waals surface area (Å²) in [6.45, 7) is 7.32. The highest BCUT2D eigenvalue weighted by Crippen LogP contribution is 2.40. The Kier molecular flexibility index (Phi) is 3.70. The van der Waals surface area contributed by atoms with Crippen molar-refractivity contribution >= 4 is 5.97 Å². The third-order valence-electron chi connectivity index (χ3n) is 3.50. The molecular weight excluding hydrogens is 282 g/mol. The highest BCUT2D eigenvalue weighted by molar-refractivity contribution is 5.87. The van der Waals surface area contributed by atoms with E-state index in [1.807, 2.05) is 13.8 Å². The minimum Gasteiger partial charge on any atom is -0.481 e. The quantitative estimate of drug-likeness (QED) is 0.929.